The highest BCUT2D eigenvalue weighted by molar-refractivity contribution is 6.38. The van der Waals surface area contributed by atoms with E-state index < -0.39 is 53.1 Å². The largest absolute Gasteiger partial charge is 0.368 e. The molecule has 0 aliphatic rings. The number of nitrogens with one attached hydrogen (secondary N) is 4. The summed E-state index contributed by atoms with van der Waals surface area (Å²) in [5.74, 6) is -4.49. The van der Waals surface area contributed by atoms with E-state index in [1.807, 2.05) is 37.3 Å². The van der Waals surface area contributed by atoms with Gasteiger partial charge in [-0.05, 0) is 38.3 Å². The molecule has 0 bridgehead atoms. The molecule has 42 heavy (non-hydrogen) atoms. The molecule has 6 N–H and O–H groups in total. The predicted octanol–water partition coefficient (Wildman–Crippen LogP) is 1.09. The summed E-state index contributed by atoms with van der Waals surface area (Å²) in [6, 6.07) is 14.5. The smallest absolute Gasteiger partial charge is 0.290 e. The number of Topliss-reactive ketones (excluding diaryl/α,β-unsaturated/α-hetero) is 1. The van der Waals surface area contributed by atoms with Crippen LogP contribution in [0, 0.1) is 0 Å². The van der Waals surface area contributed by atoms with E-state index in [2.05, 4.69) is 21.3 Å². The van der Waals surface area contributed by atoms with E-state index in [1.165, 1.54) is 20.8 Å². The van der Waals surface area contributed by atoms with Gasteiger partial charge in [0.05, 0.1) is 6.04 Å². The third kappa shape index (κ3) is 10.8. The highest BCUT2D eigenvalue weighted by Crippen LogP contribution is 2.08. The molecule has 0 aliphatic heterocycles. The molecule has 0 heterocycles. The first-order valence-electron chi connectivity index (χ1n) is 14.0. The molecule has 0 radical (unpaired) electrons. The number of carbonyl (C=O) groups excluding carboxylic acids is 6. The summed E-state index contributed by atoms with van der Waals surface area (Å²) >= 11 is 0. The lowest BCUT2D eigenvalue weighted by Crippen LogP contribution is -2.60. The van der Waals surface area contributed by atoms with E-state index >= 15 is 0 Å². The molecule has 5 amide bonds. The van der Waals surface area contributed by atoms with Crippen molar-refractivity contribution >= 4 is 35.3 Å². The van der Waals surface area contributed by atoms with E-state index in [9.17, 15) is 28.8 Å². The Hall–Kier alpha value is -4.54. The number of hydrogen-bond acceptors (Lipinski definition) is 6. The van der Waals surface area contributed by atoms with Crippen LogP contribution in [-0.2, 0) is 41.6 Å². The summed E-state index contributed by atoms with van der Waals surface area (Å²) < 4.78 is 0. The van der Waals surface area contributed by atoms with Gasteiger partial charge in [0.2, 0.25) is 29.4 Å². The second kappa shape index (κ2) is 16.0. The Morgan fingerprint density at radius 2 is 1.26 bits per heavy atom. The van der Waals surface area contributed by atoms with Crippen LogP contribution in [0.2, 0.25) is 0 Å². The van der Waals surface area contributed by atoms with Gasteiger partial charge in [-0.1, -0.05) is 74.0 Å². The van der Waals surface area contributed by atoms with Crippen LogP contribution in [-0.4, -0.2) is 59.0 Å². The summed E-state index contributed by atoms with van der Waals surface area (Å²) in [7, 11) is 0. The molecular formula is C31H41N5O6. The zero-order valence-corrected chi connectivity index (χ0v) is 24.6. The van der Waals surface area contributed by atoms with E-state index in [1.54, 1.807) is 30.3 Å². The second-order valence-electron chi connectivity index (χ2n) is 10.7. The average Bonchev–Trinajstić information content (AvgIpc) is 2.95. The van der Waals surface area contributed by atoms with Crippen LogP contribution < -0.4 is 27.0 Å². The topological polar surface area (TPSA) is 177 Å². The lowest BCUT2D eigenvalue weighted by atomic mass is 10.0. The van der Waals surface area contributed by atoms with Gasteiger partial charge < -0.3 is 27.0 Å². The summed E-state index contributed by atoms with van der Waals surface area (Å²) in [6.45, 7) is 6.14. The standard InChI is InChI=1S/C31H41N5O6/c1-5-6-17-25(37)34-23(18-21-13-9-7-10-14-21)27(39)33-20(2)26(38)29(41)35-24(19-22-15-11-8-12-16-22)28(40)36-31(3,4)30(32)42/h7-16,20,23-24H,5-6,17-19H2,1-4H3,(H2,32,42)(H,33,39)(H,34,37)(H,35,41)(H,36,40)/t20?,23-,24?/m0/s1. The van der Waals surface area contributed by atoms with E-state index in [-0.39, 0.29) is 25.2 Å². The van der Waals surface area contributed by atoms with Gasteiger partial charge in [0.15, 0.2) is 0 Å². The Bertz CT molecular complexity index is 1250. The van der Waals surface area contributed by atoms with Gasteiger partial charge in [0.1, 0.15) is 17.6 Å². The molecule has 226 valence electrons. The Kier molecular flexibility index (Phi) is 12.9. The number of benzene rings is 2. The number of amides is 5. The fraction of sp³-hybridized carbons (Fsp3) is 0.419. The molecule has 2 unspecified atom stereocenters. The number of carbonyl (C=O) groups is 6. The summed E-state index contributed by atoms with van der Waals surface area (Å²) in [6.07, 6.45) is 1.95. The molecule has 0 saturated carbocycles. The fourth-order valence-electron chi connectivity index (χ4n) is 3.98. The van der Waals surface area contributed by atoms with Gasteiger partial charge in [0, 0.05) is 19.3 Å². The quantitative estimate of drug-likeness (QED) is 0.186. The monoisotopic (exact) mass is 579 g/mol. The molecule has 0 aliphatic carbocycles. The first-order chi connectivity index (χ1) is 19.8. The SMILES string of the molecule is CCCCC(=O)N[C@@H](Cc1ccccc1)C(=O)NC(C)C(=O)C(=O)NC(Cc1ccccc1)C(=O)NC(C)(C)C(N)=O. The van der Waals surface area contributed by atoms with Crippen molar-refractivity contribution in [1.29, 1.82) is 0 Å². The number of primary amides is 1. The summed E-state index contributed by atoms with van der Waals surface area (Å²) in [5.41, 5.74) is 5.47. The summed E-state index contributed by atoms with van der Waals surface area (Å²) in [5, 5.41) is 10.2. The molecule has 2 rings (SSSR count). The Labute approximate surface area is 246 Å². The third-order valence-corrected chi connectivity index (χ3v) is 6.62. The average molecular weight is 580 g/mol. The van der Waals surface area contributed by atoms with Crippen molar-refractivity contribution in [1.82, 2.24) is 21.3 Å². The van der Waals surface area contributed by atoms with Crippen molar-refractivity contribution in [3.8, 4) is 0 Å². The van der Waals surface area contributed by atoms with Crippen molar-refractivity contribution in [2.75, 3.05) is 0 Å². The van der Waals surface area contributed by atoms with Gasteiger partial charge >= 0.3 is 0 Å². The molecular weight excluding hydrogens is 538 g/mol. The van der Waals surface area contributed by atoms with Crippen molar-refractivity contribution in [3.05, 3.63) is 71.8 Å². The normalized spacial score (nSPS) is 13.1. The Morgan fingerprint density at radius 1 is 0.762 bits per heavy atom. The van der Waals surface area contributed by atoms with Crippen molar-refractivity contribution in [2.24, 2.45) is 5.73 Å². The zero-order valence-electron chi connectivity index (χ0n) is 24.6. The molecule has 2 aromatic rings. The van der Waals surface area contributed by atoms with Gasteiger partial charge in [-0.3, -0.25) is 28.8 Å². The number of nitrogens with two attached hydrogens (primary N) is 1. The first kappa shape index (κ1) is 33.7. The first-order valence-corrected chi connectivity index (χ1v) is 14.0. The van der Waals surface area contributed by atoms with Crippen LogP contribution in [0.4, 0.5) is 0 Å². The van der Waals surface area contributed by atoms with Gasteiger partial charge in [-0.25, -0.2) is 0 Å². The van der Waals surface area contributed by atoms with Gasteiger partial charge in [0.25, 0.3) is 5.91 Å². The summed E-state index contributed by atoms with van der Waals surface area (Å²) in [4.78, 5) is 76.4. The highest BCUT2D eigenvalue weighted by Gasteiger charge is 2.34. The lowest BCUT2D eigenvalue weighted by molar-refractivity contribution is -0.141. The molecule has 11 nitrogen and oxygen atoms in total. The molecule has 11 heteroatoms. The van der Waals surface area contributed by atoms with Gasteiger partial charge in [-0.2, -0.15) is 0 Å². The maximum Gasteiger partial charge on any atom is 0.290 e. The minimum Gasteiger partial charge on any atom is -0.368 e. The van der Waals surface area contributed by atoms with Crippen molar-refractivity contribution in [2.45, 2.75) is 83.5 Å². The van der Waals surface area contributed by atoms with Crippen LogP contribution in [0.5, 0.6) is 0 Å². The van der Waals surface area contributed by atoms with E-state index in [0.717, 1.165) is 12.0 Å². The zero-order chi connectivity index (χ0) is 31.3. The number of unbranched alkanes of at least 4 members (excludes halogenated alkanes) is 1. The molecule has 3 atom stereocenters. The van der Waals surface area contributed by atoms with E-state index in [4.69, 9.17) is 5.73 Å². The molecule has 0 spiro atoms. The minimum absolute atomic E-state index is 0.0320. The molecule has 0 saturated heterocycles. The number of ketones is 1. The Morgan fingerprint density at radius 3 is 1.74 bits per heavy atom. The second-order valence-corrected chi connectivity index (χ2v) is 10.7. The number of rotatable bonds is 16. The lowest BCUT2D eigenvalue weighted by Gasteiger charge is -2.26. The predicted molar refractivity (Wildman–Crippen MR) is 158 cm³/mol. The van der Waals surface area contributed by atoms with Crippen LogP contribution in [0.1, 0.15) is 58.1 Å². The molecule has 0 aromatic heterocycles. The van der Waals surface area contributed by atoms with Gasteiger partial charge in [-0.15, -0.1) is 0 Å². The fourth-order valence-corrected chi connectivity index (χ4v) is 3.98. The van der Waals surface area contributed by atoms with E-state index in [0.29, 0.717) is 12.0 Å². The highest BCUT2D eigenvalue weighted by atomic mass is 16.2. The van der Waals surface area contributed by atoms with Crippen LogP contribution >= 0.6 is 0 Å². The van der Waals surface area contributed by atoms with Crippen molar-refractivity contribution < 1.29 is 28.8 Å². The van der Waals surface area contributed by atoms with Crippen LogP contribution in [0.25, 0.3) is 0 Å². The maximum absolute atomic E-state index is 13.2. The molecule has 2 aromatic carbocycles. The Balaban J connectivity index is 2.14. The van der Waals surface area contributed by atoms with Crippen molar-refractivity contribution in [3.63, 3.8) is 0 Å². The van der Waals surface area contributed by atoms with Crippen LogP contribution in [0.3, 0.4) is 0 Å². The number of hydrogen-bond donors (Lipinski definition) is 5. The minimum atomic E-state index is -1.41. The van der Waals surface area contributed by atoms with Crippen LogP contribution in [0.15, 0.2) is 60.7 Å². The third-order valence-electron chi connectivity index (χ3n) is 6.62. The maximum atomic E-state index is 13.2. The molecule has 0 fully saturated rings.